The molecule has 2 rings (SSSR count). The van der Waals surface area contributed by atoms with Crippen molar-refractivity contribution in [2.45, 2.75) is 45.4 Å². The Morgan fingerprint density at radius 2 is 1.88 bits per heavy atom. The van der Waals surface area contributed by atoms with Gasteiger partial charge in [-0.05, 0) is 32.1 Å². The minimum Gasteiger partial charge on any atom is -0.481 e. The van der Waals surface area contributed by atoms with E-state index in [1.165, 1.54) is 0 Å². The van der Waals surface area contributed by atoms with E-state index in [1.807, 2.05) is 4.90 Å². The highest BCUT2D eigenvalue weighted by Crippen LogP contribution is 2.45. The van der Waals surface area contributed by atoms with Crippen LogP contribution in [0.1, 0.15) is 45.4 Å². The maximum absolute atomic E-state index is 12.4. The number of nitrogens with zero attached hydrogens (tertiary/aromatic N) is 1. The Bertz CT molecular complexity index is 309. The van der Waals surface area contributed by atoms with Crippen LogP contribution < -0.4 is 0 Å². The van der Waals surface area contributed by atoms with E-state index in [-0.39, 0.29) is 17.2 Å². The molecule has 1 saturated heterocycles. The first-order valence-electron chi connectivity index (χ1n) is 6.61. The van der Waals surface area contributed by atoms with Crippen molar-refractivity contribution in [1.29, 1.82) is 0 Å². The van der Waals surface area contributed by atoms with Crippen LogP contribution >= 0.6 is 0 Å². The largest absolute Gasteiger partial charge is 0.481 e. The molecule has 1 aliphatic heterocycles. The first-order chi connectivity index (χ1) is 8.09. The molecule has 1 amide bonds. The van der Waals surface area contributed by atoms with Crippen LogP contribution in [-0.4, -0.2) is 35.0 Å². The number of carbonyl (C=O) groups excluding carboxylic acids is 1. The summed E-state index contributed by atoms with van der Waals surface area (Å²) in [6.45, 7) is 3.33. The number of amides is 1. The molecule has 1 aliphatic carbocycles. The summed E-state index contributed by atoms with van der Waals surface area (Å²) in [5, 5.41) is 8.92. The van der Waals surface area contributed by atoms with Crippen molar-refractivity contribution in [2.24, 2.45) is 11.3 Å². The summed E-state index contributed by atoms with van der Waals surface area (Å²) in [5.74, 6) is -0.695. The SMILES string of the molecule is CCC1(C(=O)N2CCC(C(=O)O)CC2)CCC1. The van der Waals surface area contributed by atoms with Crippen LogP contribution in [0.4, 0.5) is 0 Å². The Kier molecular flexibility index (Phi) is 3.40. The van der Waals surface area contributed by atoms with E-state index in [4.69, 9.17) is 5.11 Å². The fourth-order valence-corrected chi connectivity index (χ4v) is 2.99. The van der Waals surface area contributed by atoms with Crippen molar-refractivity contribution in [3.8, 4) is 0 Å². The third kappa shape index (κ3) is 2.17. The number of rotatable bonds is 3. The maximum Gasteiger partial charge on any atom is 0.306 e. The highest BCUT2D eigenvalue weighted by molar-refractivity contribution is 5.84. The van der Waals surface area contributed by atoms with Gasteiger partial charge in [0.15, 0.2) is 0 Å². The molecule has 0 aromatic heterocycles. The standard InChI is InChI=1S/C13H21NO3/c1-2-13(6-3-7-13)12(17)14-8-4-10(5-9-14)11(15)16/h10H,2-9H2,1H3,(H,15,16). The lowest BCUT2D eigenvalue weighted by molar-refractivity contribution is -0.153. The third-order valence-corrected chi connectivity index (χ3v) is 4.57. The number of piperidine rings is 1. The predicted molar refractivity (Wildman–Crippen MR) is 63.5 cm³/mol. The lowest BCUT2D eigenvalue weighted by atomic mass is 9.66. The van der Waals surface area contributed by atoms with Gasteiger partial charge >= 0.3 is 5.97 Å². The number of hydrogen-bond donors (Lipinski definition) is 1. The van der Waals surface area contributed by atoms with Crippen LogP contribution in [0.3, 0.4) is 0 Å². The van der Waals surface area contributed by atoms with Crippen LogP contribution in [-0.2, 0) is 9.59 Å². The van der Waals surface area contributed by atoms with E-state index in [2.05, 4.69) is 6.92 Å². The minimum absolute atomic E-state index is 0.101. The second-order valence-electron chi connectivity index (χ2n) is 5.39. The van der Waals surface area contributed by atoms with Crippen molar-refractivity contribution in [3.05, 3.63) is 0 Å². The number of hydrogen-bond acceptors (Lipinski definition) is 2. The molecular formula is C13H21NO3. The number of carboxylic acid groups (broad SMARTS) is 1. The van der Waals surface area contributed by atoms with Gasteiger partial charge in [-0.3, -0.25) is 9.59 Å². The number of carboxylic acids is 1. The smallest absolute Gasteiger partial charge is 0.306 e. The molecule has 0 atom stereocenters. The zero-order valence-electron chi connectivity index (χ0n) is 10.4. The number of carbonyl (C=O) groups is 2. The van der Waals surface area contributed by atoms with Crippen molar-refractivity contribution in [3.63, 3.8) is 0 Å². The van der Waals surface area contributed by atoms with Gasteiger partial charge in [0.2, 0.25) is 5.91 Å². The predicted octanol–water partition coefficient (Wildman–Crippen LogP) is 1.89. The van der Waals surface area contributed by atoms with E-state index in [1.54, 1.807) is 0 Å². The van der Waals surface area contributed by atoms with Crippen LogP contribution in [0.15, 0.2) is 0 Å². The van der Waals surface area contributed by atoms with E-state index in [9.17, 15) is 9.59 Å². The van der Waals surface area contributed by atoms with Crippen molar-refractivity contribution < 1.29 is 14.7 Å². The average Bonchev–Trinajstić information content (AvgIpc) is 2.28. The molecule has 0 aromatic carbocycles. The van der Waals surface area contributed by atoms with Gasteiger partial charge in [-0.15, -0.1) is 0 Å². The minimum atomic E-state index is -0.717. The molecule has 0 unspecified atom stereocenters. The molecule has 96 valence electrons. The third-order valence-electron chi connectivity index (χ3n) is 4.57. The summed E-state index contributed by atoms with van der Waals surface area (Å²) in [6, 6.07) is 0. The van der Waals surface area contributed by atoms with Gasteiger partial charge in [-0.25, -0.2) is 0 Å². The fraction of sp³-hybridized carbons (Fsp3) is 0.846. The quantitative estimate of drug-likeness (QED) is 0.818. The molecule has 0 spiro atoms. The van der Waals surface area contributed by atoms with Gasteiger partial charge in [0.25, 0.3) is 0 Å². The summed E-state index contributed by atoms with van der Waals surface area (Å²) < 4.78 is 0. The molecule has 2 aliphatic rings. The Morgan fingerprint density at radius 1 is 1.29 bits per heavy atom. The lowest BCUT2D eigenvalue weighted by Crippen LogP contribution is -2.50. The molecule has 0 bridgehead atoms. The second kappa shape index (κ2) is 4.67. The monoisotopic (exact) mass is 239 g/mol. The van der Waals surface area contributed by atoms with Gasteiger partial charge < -0.3 is 10.0 Å². The fourth-order valence-electron chi connectivity index (χ4n) is 2.99. The molecule has 0 aromatic rings. The van der Waals surface area contributed by atoms with Crippen LogP contribution in [0.2, 0.25) is 0 Å². The molecule has 4 nitrogen and oxygen atoms in total. The van der Waals surface area contributed by atoms with Gasteiger partial charge in [-0.1, -0.05) is 13.3 Å². The molecular weight excluding hydrogens is 218 g/mol. The molecule has 1 heterocycles. The Hall–Kier alpha value is -1.06. The topological polar surface area (TPSA) is 57.6 Å². The summed E-state index contributed by atoms with van der Waals surface area (Å²) in [6.07, 6.45) is 5.33. The van der Waals surface area contributed by atoms with Crippen molar-refractivity contribution in [1.82, 2.24) is 4.90 Å². The normalized spacial score (nSPS) is 24.2. The molecule has 2 fully saturated rings. The van der Waals surface area contributed by atoms with Gasteiger partial charge in [0, 0.05) is 18.5 Å². The van der Waals surface area contributed by atoms with Crippen molar-refractivity contribution >= 4 is 11.9 Å². The molecule has 17 heavy (non-hydrogen) atoms. The van der Waals surface area contributed by atoms with E-state index in [0.717, 1.165) is 25.7 Å². The van der Waals surface area contributed by atoms with Crippen LogP contribution in [0.5, 0.6) is 0 Å². The lowest BCUT2D eigenvalue weighted by Gasteiger charge is -2.44. The first kappa shape index (κ1) is 12.4. The summed E-state index contributed by atoms with van der Waals surface area (Å²) in [7, 11) is 0. The number of likely N-dealkylation sites (tertiary alicyclic amines) is 1. The van der Waals surface area contributed by atoms with Gasteiger partial charge in [0.1, 0.15) is 0 Å². The Morgan fingerprint density at radius 3 is 2.24 bits per heavy atom. The molecule has 0 radical (unpaired) electrons. The van der Waals surface area contributed by atoms with E-state index in [0.29, 0.717) is 25.9 Å². The van der Waals surface area contributed by atoms with Gasteiger partial charge in [0.05, 0.1) is 5.92 Å². The van der Waals surface area contributed by atoms with Crippen LogP contribution in [0.25, 0.3) is 0 Å². The summed E-state index contributed by atoms with van der Waals surface area (Å²) >= 11 is 0. The Balaban J connectivity index is 1.92. The summed E-state index contributed by atoms with van der Waals surface area (Å²) in [5.41, 5.74) is -0.101. The van der Waals surface area contributed by atoms with Crippen molar-refractivity contribution in [2.75, 3.05) is 13.1 Å². The average molecular weight is 239 g/mol. The molecule has 1 saturated carbocycles. The van der Waals surface area contributed by atoms with E-state index < -0.39 is 5.97 Å². The summed E-state index contributed by atoms with van der Waals surface area (Å²) in [4.78, 5) is 25.1. The highest BCUT2D eigenvalue weighted by Gasteiger charge is 2.45. The highest BCUT2D eigenvalue weighted by atomic mass is 16.4. The van der Waals surface area contributed by atoms with Crippen LogP contribution in [0, 0.1) is 11.3 Å². The molecule has 1 N–H and O–H groups in total. The Labute approximate surface area is 102 Å². The zero-order chi connectivity index (χ0) is 12.5. The maximum atomic E-state index is 12.4. The van der Waals surface area contributed by atoms with E-state index >= 15 is 0 Å². The molecule has 4 heteroatoms. The zero-order valence-corrected chi connectivity index (χ0v) is 10.4. The first-order valence-corrected chi connectivity index (χ1v) is 6.61. The van der Waals surface area contributed by atoms with Gasteiger partial charge in [-0.2, -0.15) is 0 Å². The second-order valence-corrected chi connectivity index (χ2v) is 5.39. The number of aliphatic carboxylic acids is 1.